The van der Waals surface area contributed by atoms with Crippen LogP contribution in [0.1, 0.15) is 16.1 Å². The lowest BCUT2D eigenvalue weighted by molar-refractivity contribution is 0.0982. The largest absolute Gasteiger partial charge is 0.467 e. The molecule has 0 unspecified atom stereocenters. The van der Waals surface area contributed by atoms with Crippen molar-refractivity contribution >= 4 is 39.1 Å². The van der Waals surface area contributed by atoms with Crippen molar-refractivity contribution in [2.24, 2.45) is 0 Å². The molecule has 3 aromatic rings. The summed E-state index contributed by atoms with van der Waals surface area (Å²) in [5.41, 5.74) is 1.35. The van der Waals surface area contributed by atoms with Crippen LogP contribution in [-0.2, 0) is 6.54 Å². The monoisotopic (exact) mass is 389 g/mol. The van der Waals surface area contributed by atoms with Crippen molar-refractivity contribution in [3.8, 4) is 0 Å². The zero-order chi connectivity index (χ0) is 16.2. The minimum absolute atomic E-state index is 0.115. The topological polar surface area (TPSA) is 33.5 Å². The number of hydrogen-bond donors (Lipinski definition) is 0. The van der Waals surface area contributed by atoms with E-state index in [1.165, 1.54) is 0 Å². The van der Waals surface area contributed by atoms with Crippen LogP contribution in [0.3, 0.4) is 0 Å². The third kappa shape index (κ3) is 3.66. The minimum Gasteiger partial charge on any atom is -0.467 e. The van der Waals surface area contributed by atoms with Gasteiger partial charge >= 0.3 is 0 Å². The van der Waals surface area contributed by atoms with Crippen LogP contribution < -0.4 is 4.90 Å². The first kappa shape index (κ1) is 15.8. The highest BCUT2D eigenvalue weighted by Gasteiger charge is 2.21. The molecule has 0 aliphatic heterocycles. The van der Waals surface area contributed by atoms with Gasteiger partial charge < -0.3 is 9.32 Å². The second kappa shape index (κ2) is 7.02. The molecule has 0 spiro atoms. The van der Waals surface area contributed by atoms with Crippen molar-refractivity contribution in [2.45, 2.75) is 6.54 Å². The zero-order valence-electron chi connectivity index (χ0n) is 12.1. The number of carbonyl (C=O) groups excluding carboxylic acids is 1. The molecule has 23 heavy (non-hydrogen) atoms. The van der Waals surface area contributed by atoms with E-state index >= 15 is 0 Å². The van der Waals surface area contributed by atoms with Crippen LogP contribution >= 0.6 is 27.5 Å². The molecule has 1 amide bonds. The summed E-state index contributed by atoms with van der Waals surface area (Å²) in [6.07, 6.45) is 1.60. The van der Waals surface area contributed by atoms with Gasteiger partial charge in [-0.05, 0) is 64.5 Å². The molecule has 0 bridgehead atoms. The Hall–Kier alpha value is -2.04. The Balaban J connectivity index is 1.99. The molecular weight excluding hydrogens is 378 g/mol. The maximum absolute atomic E-state index is 13.0. The van der Waals surface area contributed by atoms with E-state index in [1.54, 1.807) is 35.4 Å². The normalized spacial score (nSPS) is 10.5. The van der Waals surface area contributed by atoms with Crippen molar-refractivity contribution in [3.05, 3.63) is 87.7 Å². The van der Waals surface area contributed by atoms with Crippen LogP contribution in [0.2, 0.25) is 5.02 Å². The highest BCUT2D eigenvalue weighted by atomic mass is 79.9. The van der Waals surface area contributed by atoms with Gasteiger partial charge in [0.05, 0.1) is 18.4 Å². The van der Waals surface area contributed by atoms with Gasteiger partial charge in [0.1, 0.15) is 5.76 Å². The smallest absolute Gasteiger partial charge is 0.259 e. The lowest BCUT2D eigenvalue weighted by Crippen LogP contribution is -2.30. The molecule has 0 radical (unpaired) electrons. The van der Waals surface area contributed by atoms with Crippen molar-refractivity contribution in [2.75, 3.05) is 4.90 Å². The lowest BCUT2D eigenvalue weighted by atomic mass is 10.1. The fourth-order valence-corrected chi connectivity index (χ4v) is 2.82. The van der Waals surface area contributed by atoms with Gasteiger partial charge in [0.15, 0.2) is 0 Å². The molecule has 2 aromatic carbocycles. The first-order valence-corrected chi connectivity index (χ1v) is 8.16. The van der Waals surface area contributed by atoms with E-state index in [0.717, 1.165) is 10.2 Å². The molecule has 116 valence electrons. The third-order valence-electron chi connectivity index (χ3n) is 3.38. The van der Waals surface area contributed by atoms with Crippen molar-refractivity contribution in [1.82, 2.24) is 0 Å². The Morgan fingerprint density at radius 3 is 2.43 bits per heavy atom. The Morgan fingerprint density at radius 1 is 1.04 bits per heavy atom. The lowest BCUT2D eigenvalue weighted by Gasteiger charge is -2.22. The third-order valence-corrected chi connectivity index (χ3v) is 4.33. The summed E-state index contributed by atoms with van der Waals surface area (Å²) in [7, 11) is 0. The number of nitrogens with zero attached hydrogens (tertiary/aromatic N) is 1. The highest BCUT2D eigenvalue weighted by molar-refractivity contribution is 9.10. The van der Waals surface area contributed by atoms with Crippen molar-refractivity contribution in [3.63, 3.8) is 0 Å². The Bertz CT molecular complexity index is 800. The number of rotatable bonds is 4. The summed E-state index contributed by atoms with van der Waals surface area (Å²) in [5, 5.41) is 0.625. The van der Waals surface area contributed by atoms with Crippen LogP contribution in [0.5, 0.6) is 0 Å². The number of benzene rings is 2. The van der Waals surface area contributed by atoms with E-state index in [1.807, 2.05) is 36.4 Å². The van der Waals surface area contributed by atoms with Gasteiger partial charge in [0.2, 0.25) is 0 Å². The predicted molar refractivity (Wildman–Crippen MR) is 94.8 cm³/mol. The standard InChI is InChI=1S/C18H13BrClNO2/c19-17-6-2-1-5-16(17)18(22)21(12-15-4-3-11-23-15)14-9-7-13(20)8-10-14/h1-11H,12H2. The molecule has 0 fully saturated rings. The number of hydrogen-bond acceptors (Lipinski definition) is 2. The Kier molecular flexibility index (Phi) is 4.84. The summed E-state index contributed by atoms with van der Waals surface area (Å²) in [4.78, 5) is 14.7. The molecule has 5 heteroatoms. The number of furan rings is 1. The molecule has 3 nitrogen and oxygen atoms in total. The van der Waals surface area contributed by atoms with Gasteiger partial charge in [-0.2, -0.15) is 0 Å². The van der Waals surface area contributed by atoms with Gasteiger partial charge in [0.25, 0.3) is 5.91 Å². The van der Waals surface area contributed by atoms with E-state index in [9.17, 15) is 4.79 Å². The maximum Gasteiger partial charge on any atom is 0.259 e. The van der Waals surface area contributed by atoms with Crippen LogP contribution in [0, 0.1) is 0 Å². The first-order chi connectivity index (χ1) is 11.1. The van der Waals surface area contributed by atoms with E-state index < -0.39 is 0 Å². The minimum atomic E-state index is -0.115. The molecule has 1 aromatic heterocycles. The molecular formula is C18H13BrClNO2. The number of halogens is 2. The van der Waals surface area contributed by atoms with Gasteiger partial charge in [-0.15, -0.1) is 0 Å². The van der Waals surface area contributed by atoms with Gasteiger partial charge in [-0.25, -0.2) is 0 Å². The molecule has 0 saturated carbocycles. The number of amides is 1. The summed E-state index contributed by atoms with van der Waals surface area (Å²) in [6, 6.07) is 18.2. The van der Waals surface area contributed by atoms with Crippen LogP contribution in [0.4, 0.5) is 5.69 Å². The maximum atomic E-state index is 13.0. The zero-order valence-corrected chi connectivity index (χ0v) is 14.4. The van der Waals surface area contributed by atoms with Crippen molar-refractivity contribution in [1.29, 1.82) is 0 Å². The summed E-state index contributed by atoms with van der Waals surface area (Å²) in [5.74, 6) is 0.594. The van der Waals surface area contributed by atoms with E-state index in [4.69, 9.17) is 16.0 Å². The molecule has 0 saturated heterocycles. The van der Waals surface area contributed by atoms with Gasteiger partial charge in [-0.1, -0.05) is 23.7 Å². The fraction of sp³-hybridized carbons (Fsp3) is 0.0556. The molecule has 0 N–H and O–H groups in total. The average Bonchev–Trinajstić information content (AvgIpc) is 3.07. The summed E-state index contributed by atoms with van der Waals surface area (Å²) in [6.45, 7) is 0.342. The predicted octanol–water partition coefficient (Wildman–Crippen LogP) is 5.54. The summed E-state index contributed by atoms with van der Waals surface area (Å²) >= 11 is 9.39. The summed E-state index contributed by atoms with van der Waals surface area (Å²) < 4.78 is 6.15. The van der Waals surface area contributed by atoms with Crippen LogP contribution in [0.25, 0.3) is 0 Å². The quantitative estimate of drug-likeness (QED) is 0.586. The van der Waals surface area contributed by atoms with Crippen LogP contribution in [-0.4, -0.2) is 5.91 Å². The first-order valence-electron chi connectivity index (χ1n) is 6.99. The van der Waals surface area contributed by atoms with Gasteiger partial charge in [0, 0.05) is 15.2 Å². The highest BCUT2D eigenvalue weighted by Crippen LogP contribution is 2.25. The second-order valence-electron chi connectivity index (χ2n) is 4.93. The number of anilines is 1. The SMILES string of the molecule is O=C(c1ccccc1Br)N(Cc1ccco1)c1ccc(Cl)cc1. The Labute approximate surface area is 147 Å². The van der Waals surface area contributed by atoms with Gasteiger partial charge in [-0.3, -0.25) is 4.79 Å². The molecule has 3 rings (SSSR count). The van der Waals surface area contributed by atoms with E-state index in [0.29, 0.717) is 22.9 Å². The van der Waals surface area contributed by atoms with E-state index in [-0.39, 0.29) is 5.91 Å². The Morgan fingerprint density at radius 2 is 1.78 bits per heavy atom. The second-order valence-corrected chi connectivity index (χ2v) is 6.22. The molecule has 0 atom stereocenters. The van der Waals surface area contributed by atoms with E-state index in [2.05, 4.69) is 15.9 Å². The van der Waals surface area contributed by atoms with Crippen LogP contribution in [0.15, 0.2) is 75.8 Å². The molecule has 1 heterocycles. The molecule has 0 aliphatic rings. The molecule has 0 aliphatic carbocycles. The average molecular weight is 391 g/mol. The van der Waals surface area contributed by atoms with Crippen molar-refractivity contribution < 1.29 is 9.21 Å². The fourth-order valence-electron chi connectivity index (χ4n) is 2.24. The number of carbonyl (C=O) groups is 1.